The minimum absolute atomic E-state index is 0.0159. The van der Waals surface area contributed by atoms with Crippen molar-refractivity contribution in [2.24, 2.45) is 0 Å². The third kappa shape index (κ3) is 4.09. The van der Waals surface area contributed by atoms with Crippen molar-refractivity contribution in [1.82, 2.24) is 10.2 Å². The summed E-state index contributed by atoms with van der Waals surface area (Å²) in [5.41, 5.74) is 0.271. The number of esters is 1. The van der Waals surface area contributed by atoms with E-state index in [0.717, 1.165) is 6.07 Å². The van der Waals surface area contributed by atoms with Crippen LogP contribution < -0.4 is 4.74 Å². The maximum atomic E-state index is 12.3. The quantitative estimate of drug-likeness (QED) is 0.341. The second kappa shape index (κ2) is 8.05. The van der Waals surface area contributed by atoms with Gasteiger partial charge in [0.05, 0.1) is 17.6 Å². The molecule has 2 aromatic carbocycles. The summed E-state index contributed by atoms with van der Waals surface area (Å²) in [6.45, 7) is 1.55. The Morgan fingerprint density at radius 3 is 2.57 bits per heavy atom. The van der Waals surface area contributed by atoms with Crippen molar-refractivity contribution in [3.05, 3.63) is 69.1 Å². The molecule has 0 amide bonds. The van der Waals surface area contributed by atoms with Gasteiger partial charge in [0.2, 0.25) is 5.89 Å². The predicted molar refractivity (Wildman–Crippen MR) is 98.2 cm³/mol. The average molecular weight is 404 g/mol. The molecule has 0 saturated heterocycles. The summed E-state index contributed by atoms with van der Waals surface area (Å²) >= 11 is 5.74. The lowest BCUT2D eigenvalue weighted by atomic mass is 10.2. The SMILES string of the molecule is COc1ccc(-c2nnc([C@@H](C)OC(=O)c3ccc(Cl)c([N+](=O)[O-])c3)o2)cc1. The van der Waals surface area contributed by atoms with Gasteiger partial charge in [0.25, 0.3) is 11.6 Å². The lowest BCUT2D eigenvalue weighted by Gasteiger charge is -2.09. The molecule has 144 valence electrons. The molecule has 9 nitrogen and oxygen atoms in total. The Bertz CT molecular complexity index is 1020. The Hall–Kier alpha value is -3.46. The number of carbonyl (C=O) groups excluding carboxylic acids is 1. The normalized spacial score (nSPS) is 11.7. The van der Waals surface area contributed by atoms with E-state index in [-0.39, 0.29) is 28.1 Å². The van der Waals surface area contributed by atoms with E-state index in [9.17, 15) is 14.9 Å². The molecule has 0 aliphatic carbocycles. The maximum Gasteiger partial charge on any atom is 0.339 e. The predicted octanol–water partition coefficient (Wildman–Crippen LogP) is 4.22. The minimum Gasteiger partial charge on any atom is -0.497 e. The Morgan fingerprint density at radius 1 is 1.21 bits per heavy atom. The summed E-state index contributed by atoms with van der Waals surface area (Å²) in [6.07, 6.45) is -0.860. The fourth-order valence-corrected chi connectivity index (χ4v) is 2.49. The molecular weight excluding hydrogens is 390 g/mol. The highest BCUT2D eigenvalue weighted by molar-refractivity contribution is 6.32. The molecule has 1 aromatic heterocycles. The van der Waals surface area contributed by atoms with Gasteiger partial charge in [-0.15, -0.1) is 10.2 Å². The van der Waals surface area contributed by atoms with Gasteiger partial charge in [0, 0.05) is 11.6 Å². The van der Waals surface area contributed by atoms with E-state index in [0.29, 0.717) is 11.3 Å². The molecule has 0 aliphatic rings. The van der Waals surface area contributed by atoms with Gasteiger partial charge in [-0.1, -0.05) is 11.6 Å². The van der Waals surface area contributed by atoms with E-state index in [4.69, 9.17) is 25.5 Å². The van der Waals surface area contributed by atoms with Crippen molar-refractivity contribution in [3.8, 4) is 17.2 Å². The lowest BCUT2D eigenvalue weighted by Crippen LogP contribution is -2.10. The number of carbonyl (C=O) groups is 1. The molecule has 1 atom stereocenters. The Balaban J connectivity index is 1.73. The molecular formula is C18H14ClN3O6. The first-order valence-electron chi connectivity index (χ1n) is 8.01. The largest absolute Gasteiger partial charge is 0.497 e. The van der Waals surface area contributed by atoms with Crippen LogP contribution in [0.15, 0.2) is 46.9 Å². The van der Waals surface area contributed by atoms with Gasteiger partial charge in [0.1, 0.15) is 10.8 Å². The van der Waals surface area contributed by atoms with Gasteiger partial charge in [-0.3, -0.25) is 10.1 Å². The van der Waals surface area contributed by atoms with E-state index in [1.165, 1.54) is 12.1 Å². The number of benzene rings is 2. The van der Waals surface area contributed by atoms with Crippen molar-refractivity contribution in [2.75, 3.05) is 7.11 Å². The van der Waals surface area contributed by atoms with E-state index in [1.807, 2.05) is 0 Å². The van der Waals surface area contributed by atoms with Crippen molar-refractivity contribution in [3.63, 3.8) is 0 Å². The smallest absolute Gasteiger partial charge is 0.339 e. The van der Waals surface area contributed by atoms with E-state index < -0.39 is 17.0 Å². The third-order valence-corrected chi connectivity index (χ3v) is 4.11. The van der Waals surface area contributed by atoms with Crippen LogP contribution in [0, 0.1) is 10.1 Å². The zero-order valence-electron chi connectivity index (χ0n) is 14.8. The van der Waals surface area contributed by atoms with Crippen LogP contribution in [-0.4, -0.2) is 28.2 Å². The summed E-state index contributed by atoms with van der Waals surface area (Å²) in [4.78, 5) is 22.5. The number of hydrogen-bond acceptors (Lipinski definition) is 8. The highest BCUT2D eigenvalue weighted by atomic mass is 35.5. The summed E-state index contributed by atoms with van der Waals surface area (Å²) in [6, 6.07) is 10.6. The fourth-order valence-electron chi connectivity index (χ4n) is 2.31. The van der Waals surface area contributed by atoms with Crippen LogP contribution in [-0.2, 0) is 4.74 Å². The minimum atomic E-state index is -0.860. The number of halogens is 1. The summed E-state index contributed by atoms with van der Waals surface area (Å²) < 4.78 is 15.9. The van der Waals surface area contributed by atoms with Crippen LogP contribution in [0.3, 0.4) is 0 Å². The maximum absolute atomic E-state index is 12.3. The van der Waals surface area contributed by atoms with Gasteiger partial charge in [-0.05, 0) is 43.3 Å². The highest BCUT2D eigenvalue weighted by Gasteiger charge is 2.22. The van der Waals surface area contributed by atoms with E-state index in [1.54, 1.807) is 38.3 Å². The molecule has 0 N–H and O–H groups in total. The van der Waals surface area contributed by atoms with Crippen molar-refractivity contribution in [2.45, 2.75) is 13.0 Å². The van der Waals surface area contributed by atoms with Gasteiger partial charge >= 0.3 is 5.97 Å². The van der Waals surface area contributed by atoms with Gasteiger partial charge in [-0.25, -0.2) is 4.79 Å². The Labute approximate surface area is 164 Å². The monoisotopic (exact) mass is 403 g/mol. The first-order chi connectivity index (χ1) is 13.4. The van der Waals surface area contributed by atoms with Crippen LogP contribution in [0.25, 0.3) is 11.5 Å². The zero-order valence-corrected chi connectivity index (χ0v) is 15.5. The molecule has 10 heteroatoms. The number of nitro groups is 1. The lowest BCUT2D eigenvalue weighted by molar-refractivity contribution is -0.384. The molecule has 0 saturated carbocycles. The van der Waals surface area contributed by atoms with Crippen LogP contribution >= 0.6 is 11.6 Å². The number of aromatic nitrogens is 2. The number of ether oxygens (including phenoxy) is 2. The number of rotatable bonds is 6. The molecule has 0 radical (unpaired) electrons. The number of methoxy groups -OCH3 is 1. The molecule has 0 fully saturated rings. The average Bonchev–Trinajstić information content (AvgIpc) is 3.18. The molecule has 28 heavy (non-hydrogen) atoms. The molecule has 0 spiro atoms. The number of nitrogens with zero attached hydrogens (tertiary/aromatic N) is 3. The Morgan fingerprint density at radius 2 is 1.93 bits per heavy atom. The second-order valence-corrected chi connectivity index (χ2v) is 6.05. The van der Waals surface area contributed by atoms with Gasteiger partial charge in [-0.2, -0.15) is 0 Å². The molecule has 0 unspecified atom stereocenters. The molecule has 3 aromatic rings. The highest BCUT2D eigenvalue weighted by Crippen LogP contribution is 2.27. The summed E-state index contributed by atoms with van der Waals surface area (Å²) in [7, 11) is 1.56. The van der Waals surface area contributed by atoms with Crippen molar-refractivity contribution < 1.29 is 23.6 Å². The summed E-state index contributed by atoms with van der Waals surface area (Å²) in [5, 5.41) is 18.7. The number of hydrogen-bond donors (Lipinski definition) is 0. The molecule has 0 bridgehead atoms. The van der Waals surface area contributed by atoms with Crippen LogP contribution in [0.4, 0.5) is 5.69 Å². The Kier molecular flexibility index (Phi) is 5.55. The topological polar surface area (TPSA) is 118 Å². The van der Waals surface area contributed by atoms with Crippen molar-refractivity contribution >= 4 is 23.3 Å². The molecule has 0 aliphatic heterocycles. The second-order valence-electron chi connectivity index (χ2n) is 5.64. The van der Waals surface area contributed by atoms with Gasteiger partial charge in [0.15, 0.2) is 6.10 Å². The van der Waals surface area contributed by atoms with Crippen molar-refractivity contribution in [1.29, 1.82) is 0 Å². The summed E-state index contributed by atoms with van der Waals surface area (Å²) in [5.74, 6) is 0.240. The van der Waals surface area contributed by atoms with Crippen LogP contribution in [0.1, 0.15) is 29.3 Å². The third-order valence-electron chi connectivity index (χ3n) is 3.79. The first-order valence-corrected chi connectivity index (χ1v) is 8.39. The van der Waals surface area contributed by atoms with Crippen LogP contribution in [0.5, 0.6) is 5.75 Å². The van der Waals surface area contributed by atoms with E-state index in [2.05, 4.69) is 10.2 Å². The number of nitro benzene ring substituents is 1. The zero-order chi connectivity index (χ0) is 20.3. The molecule has 1 heterocycles. The first kappa shape index (κ1) is 19.3. The fraction of sp³-hybridized carbons (Fsp3) is 0.167. The molecule has 3 rings (SSSR count). The van der Waals surface area contributed by atoms with E-state index >= 15 is 0 Å². The van der Waals surface area contributed by atoms with Crippen LogP contribution in [0.2, 0.25) is 5.02 Å². The standard InChI is InChI=1S/C18H14ClN3O6/c1-10(27-18(23)12-5-8-14(19)15(9-12)22(24)25)16-20-21-17(28-16)11-3-6-13(26-2)7-4-11/h3-10H,1-2H3/t10-/m1/s1. The van der Waals surface area contributed by atoms with Gasteiger partial charge < -0.3 is 13.9 Å².